The molecule has 1 saturated heterocycles. The van der Waals surface area contributed by atoms with Gasteiger partial charge in [0.2, 0.25) is 0 Å². The lowest BCUT2D eigenvalue weighted by atomic mass is 9.72. The molecule has 1 heterocycles. The zero-order valence-corrected chi connectivity index (χ0v) is 21.3. The maximum Gasteiger partial charge on any atom is 0.119 e. The highest BCUT2D eigenvalue weighted by Crippen LogP contribution is 2.50. The third-order valence-corrected chi connectivity index (χ3v) is 8.54. The van der Waals surface area contributed by atoms with E-state index in [-0.39, 0.29) is 28.2 Å². The molecule has 1 saturated carbocycles. The van der Waals surface area contributed by atoms with Crippen LogP contribution < -0.4 is 10.1 Å². The molecule has 1 aliphatic heterocycles. The van der Waals surface area contributed by atoms with Crippen molar-refractivity contribution in [3.8, 4) is 5.75 Å². The van der Waals surface area contributed by atoms with Gasteiger partial charge in [-0.2, -0.15) is 0 Å². The van der Waals surface area contributed by atoms with E-state index in [2.05, 4.69) is 63.1 Å². The van der Waals surface area contributed by atoms with Gasteiger partial charge in [-0.25, -0.2) is 0 Å². The van der Waals surface area contributed by atoms with Crippen molar-refractivity contribution in [2.75, 3.05) is 39.8 Å². The van der Waals surface area contributed by atoms with Gasteiger partial charge < -0.3 is 15.2 Å². The van der Waals surface area contributed by atoms with Crippen LogP contribution in [0, 0.1) is 0 Å². The van der Waals surface area contributed by atoms with Gasteiger partial charge in [-0.05, 0) is 47.4 Å². The molecule has 2 aromatic rings. The minimum atomic E-state index is -0.656. The van der Waals surface area contributed by atoms with E-state index in [0.717, 1.165) is 64.2 Å². The largest absolute Gasteiger partial charge is 0.497 e. The van der Waals surface area contributed by atoms with Crippen LogP contribution in [0.25, 0.3) is 10.8 Å². The number of aliphatic hydroxyl groups is 1. The standard InChI is InChI=1S/C23H31IN2O2.2ClH/c1-28-21-8-6-18-15-20(7-5-19(18)16-21)23(24,17-26-13-11-25-12-14-26)22(27)9-3-2-4-10-22;;/h5-8,15-16,25,27H,2-4,9-14,17H2,1H3;2*1H. The van der Waals surface area contributed by atoms with Crippen LogP contribution in [0.5, 0.6) is 5.75 Å². The van der Waals surface area contributed by atoms with E-state index in [0.29, 0.717) is 0 Å². The van der Waals surface area contributed by atoms with Crippen molar-refractivity contribution in [1.29, 1.82) is 0 Å². The number of piperazine rings is 1. The number of methoxy groups -OCH3 is 1. The summed E-state index contributed by atoms with van der Waals surface area (Å²) in [7, 11) is 1.71. The van der Waals surface area contributed by atoms with E-state index in [1.807, 2.05) is 6.07 Å². The average Bonchev–Trinajstić information content (AvgIpc) is 2.74. The third-order valence-electron chi connectivity index (χ3n) is 6.57. The van der Waals surface area contributed by atoms with Gasteiger partial charge in [0.05, 0.1) is 16.1 Å². The SMILES string of the molecule is COc1ccc2cc(C(I)(CN3CCNCC3)C3(O)CCCCC3)ccc2c1.Cl.Cl. The second kappa shape index (κ2) is 11.0. The zero-order chi connectivity index (χ0) is 19.6. The van der Waals surface area contributed by atoms with Crippen LogP contribution in [0.2, 0.25) is 0 Å². The summed E-state index contributed by atoms with van der Waals surface area (Å²) in [4.78, 5) is 2.52. The van der Waals surface area contributed by atoms with Crippen molar-refractivity contribution >= 4 is 58.2 Å². The summed E-state index contributed by atoms with van der Waals surface area (Å²) in [6, 6.07) is 12.9. The highest BCUT2D eigenvalue weighted by molar-refractivity contribution is 14.1. The number of hydrogen-bond donors (Lipinski definition) is 2. The van der Waals surface area contributed by atoms with Crippen molar-refractivity contribution in [2.45, 2.75) is 41.1 Å². The fourth-order valence-electron chi connectivity index (χ4n) is 4.81. The summed E-state index contributed by atoms with van der Waals surface area (Å²) in [5.41, 5.74) is 0.588. The van der Waals surface area contributed by atoms with Crippen molar-refractivity contribution in [3.05, 3.63) is 42.0 Å². The monoisotopic (exact) mass is 566 g/mol. The Bertz CT molecular complexity index is 826. The van der Waals surface area contributed by atoms with Gasteiger partial charge in [-0.15, -0.1) is 24.8 Å². The Labute approximate surface area is 206 Å². The number of alkyl halides is 1. The quantitative estimate of drug-likeness (QED) is 0.398. The van der Waals surface area contributed by atoms with Gasteiger partial charge in [0.25, 0.3) is 0 Å². The molecule has 0 spiro atoms. The van der Waals surface area contributed by atoms with Gasteiger partial charge in [0.1, 0.15) is 5.75 Å². The molecular formula is C23H33Cl2IN2O2. The minimum absolute atomic E-state index is 0. The van der Waals surface area contributed by atoms with E-state index in [1.165, 1.54) is 22.8 Å². The lowest BCUT2D eigenvalue weighted by Gasteiger charge is -2.49. The molecule has 2 N–H and O–H groups in total. The van der Waals surface area contributed by atoms with Gasteiger partial charge in [-0.1, -0.05) is 60.1 Å². The van der Waals surface area contributed by atoms with Crippen molar-refractivity contribution < 1.29 is 9.84 Å². The molecule has 2 fully saturated rings. The Balaban J connectivity index is 0.00000160. The van der Waals surface area contributed by atoms with Gasteiger partial charge in [-0.3, -0.25) is 4.90 Å². The Morgan fingerprint density at radius 2 is 1.67 bits per heavy atom. The molecule has 30 heavy (non-hydrogen) atoms. The Hall–Kier alpha value is -0.310. The normalized spacial score (nSPS) is 21.2. The highest BCUT2D eigenvalue weighted by Gasteiger charge is 2.50. The number of fused-ring (bicyclic) bond motifs is 1. The molecule has 1 unspecified atom stereocenters. The molecule has 1 atom stereocenters. The van der Waals surface area contributed by atoms with Gasteiger partial charge in [0.15, 0.2) is 0 Å². The second-order valence-electron chi connectivity index (χ2n) is 8.35. The topological polar surface area (TPSA) is 44.7 Å². The van der Waals surface area contributed by atoms with Crippen LogP contribution in [0.15, 0.2) is 36.4 Å². The van der Waals surface area contributed by atoms with E-state index in [9.17, 15) is 5.11 Å². The lowest BCUT2D eigenvalue weighted by molar-refractivity contribution is -0.0387. The molecule has 2 aromatic carbocycles. The molecule has 7 heteroatoms. The molecule has 0 radical (unpaired) electrons. The number of hydrogen-bond acceptors (Lipinski definition) is 4. The van der Waals surface area contributed by atoms with Crippen molar-refractivity contribution in [1.82, 2.24) is 10.2 Å². The fourth-order valence-corrected chi connectivity index (χ4v) is 6.17. The maximum atomic E-state index is 11.9. The summed E-state index contributed by atoms with van der Waals surface area (Å²) < 4.78 is 5.07. The van der Waals surface area contributed by atoms with Crippen LogP contribution in [-0.4, -0.2) is 55.4 Å². The van der Waals surface area contributed by atoms with Crippen LogP contribution in [0.3, 0.4) is 0 Å². The first kappa shape index (κ1) is 25.9. The van der Waals surface area contributed by atoms with E-state index >= 15 is 0 Å². The van der Waals surface area contributed by atoms with Crippen LogP contribution >= 0.6 is 47.4 Å². The lowest BCUT2D eigenvalue weighted by Crippen LogP contribution is -2.57. The number of rotatable bonds is 5. The van der Waals surface area contributed by atoms with Crippen LogP contribution in [-0.2, 0) is 3.42 Å². The fraction of sp³-hybridized carbons (Fsp3) is 0.565. The van der Waals surface area contributed by atoms with E-state index in [4.69, 9.17) is 4.74 Å². The number of ether oxygens (including phenoxy) is 1. The zero-order valence-electron chi connectivity index (χ0n) is 17.5. The number of halogens is 3. The Morgan fingerprint density at radius 1 is 1.03 bits per heavy atom. The third kappa shape index (κ3) is 5.18. The molecule has 2 aliphatic rings. The van der Waals surface area contributed by atoms with Gasteiger partial charge in [0, 0.05) is 32.7 Å². The van der Waals surface area contributed by atoms with E-state index in [1.54, 1.807) is 7.11 Å². The second-order valence-corrected chi connectivity index (χ2v) is 10.2. The first-order valence-electron chi connectivity index (χ1n) is 10.5. The molecule has 4 rings (SSSR count). The van der Waals surface area contributed by atoms with Crippen molar-refractivity contribution in [2.24, 2.45) is 0 Å². The predicted molar refractivity (Wildman–Crippen MR) is 138 cm³/mol. The molecular weight excluding hydrogens is 534 g/mol. The Morgan fingerprint density at radius 3 is 2.33 bits per heavy atom. The molecule has 168 valence electrons. The first-order chi connectivity index (χ1) is 13.5. The smallest absolute Gasteiger partial charge is 0.119 e. The summed E-state index contributed by atoms with van der Waals surface area (Å²) >= 11 is 2.59. The van der Waals surface area contributed by atoms with Crippen LogP contribution in [0.1, 0.15) is 37.7 Å². The number of nitrogens with one attached hydrogen (secondary N) is 1. The summed E-state index contributed by atoms with van der Waals surface area (Å²) in [6.07, 6.45) is 5.26. The highest BCUT2D eigenvalue weighted by atomic mass is 127. The Kier molecular flexibility index (Phi) is 9.53. The van der Waals surface area contributed by atoms with Gasteiger partial charge >= 0.3 is 0 Å². The summed E-state index contributed by atoms with van der Waals surface area (Å²) in [6.45, 7) is 5.05. The van der Waals surface area contributed by atoms with E-state index < -0.39 is 5.60 Å². The van der Waals surface area contributed by atoms with Crippen LogP contribution in [0.4, 0.5) is 0 Å². The average molecular weight is 567 g/mol. The maximum absolute atomic E-state index is 11.9. The summed E-state index contributed by atoms with van der Waals surface area (Å²) in [5.74, 6) is 0.882. The molecule has 0 bridgehead atoms. The molecule has 0 amide bonds. The molecule has 1 aliphatic carbocycles. The number of benzene rings is 2. The predicted octanol–water partition coefficient (Wildman–Crippen LogP) is 4.92. The minimum Gasteiger partial charge on any atom is -0.497 e. The molecule has 4 nitrogen and oxygen atoms in total. The van der Waals surface area contributed by atoms with Crippen molar-refractivity contribution in [3.63, 3.8) is 0 Å². The first-order valence-corrected chi connectivity index (χ1v) is 11.5. The number of nitrogens with zero attached hydrogens (tertiary/aromatic N) is 1. The molecule has 0 aromatic heterocycles. The summed E-state index contributed by atoms with van der Waals surface area (Å²) in [5, 5.41) is 17.7.